The van der Waals surface area contributed by atoms with E-state index in [2.05, 4.69) is 25.2 Å². The van der Waals surface area contributed by atoms with E-state index in [0.717, 1.165) is 29.0 Å². The Morgan fingerprint density at radius 2 is 1.89 bits per heavy atom. The van der Waals surface area contributed by atoms with Crippen molar-refractivity contribution in [2.45, 2.75) is 33.8 Å². The Balaban J connectivity index is 2.80. The van der Waals surface area contributed by atoms with Crippen LogP contribution < -0.4 is 10.1 Å². The van der Waals surface area contributed by atoms with Crippen molar-refractivity contribution in [1.29, 1.82) is 0 Å². The third-order valence-corrected chi connectivity index (χ3v) is 2.90. The van der Waals surface area contributed by atoms with Crippen LogP contribution in [-0.2, 0) is 0 Å². The number of aliphatic hydroxyl groups is 1. The lowest BCUT2D eigenvalue weighted by atomic mass is 10.0. The number of rotatable bonds is 6. The van der Waals surface area contributed by atoms with Gasteiger partial charge in [-0.2, -0.15) is 0 Å². The van der Waals surface area contributed by atoms with Crippen LogP contribution in [0.15, 0.2) is 12.1 Å². The zero-order valence-corrected chi connectivity index (χ0v) is 12.1. The lowest BCUT2D eigenvalue weighted by molar-refractivity contribution is 0.169. The molecule has 1 unspecified atom stereocenters. The SMILES string of the molecule is COc1c(C)cc(C)cc1C(O)CNCC(C)C. The van der Waals surface area contributed by atoms with Gasteiger partial charge in [0.25, 0.3) is 0 Å². The summed E-state index contributed by atoms with van der Waals surface area (Å²) in [5.74, 6) is 1.37. The molecule has 0 saturated carbocycles. The van der Waals surface area contributed by atoms with Gasteiger partial charge in [0.2, 0.25) is 0 Å². The molecule has 1 aromatic carbocycles. The molecule has 3 nitrogen and oxygen atoms in total. The van der Waals surface area contributed by atoms with Crippen molar-refractivity contribution in [1.82, 2.24) is 5.32 Å². The Kier molecular flexibility index (Phi) is 5.63. The van der Waals surface area contributed by atoms with E-state index in [0.29, 0.717) is 12.5 Å². The van der Waals surface area contributed by atoms with Gasteiger partial charge in [0.15, 0.2) is 0 Å². The van der Waals surface area contributed by atoms with Crippen LogP contribution in [0.4, 0.5) is 0 Å². The molecule has 0 aliphatic carbocycles. The molecule has 2 N–H and O–H groups in total. The van der Waals surface area contributed by atoms with Crippen molar-refractivity contribution in [2.75, 3.05) is 20.2 Å². The summed E-state index contributed by atoms with van der Waals surface area (Å²) < 4.78 is 5.39. The molecule has 0 aliphatic heterocycles. The molecule has 0 radical (unpaired) electrons. The third-order valence-electron chi connectivity index (χ3n) is 2.90. The molecular weight excluding hydrogens is 226 g/mol. The maximum absolute atomic E-state index is 10.3. The van der Waals surface area contributed by atoms with Crippen LogP contribution in [0.25, 0.3) is 0 Å². The van der Waals surface area contributed by atoms with Gasteiger partial charge in [-0.1, -0.05) is 25.5 Å². The molecule has 0 aliphatic rings. The monoisotopic (exact) mass is 251 g/mol. The molecular formula is C15H25NO2. The van der Waals surface area contributed by atoms with Crippen LogP contribution in [0, 0.1) is 19.8 Å². The highest BCUT2D eigenvalue weighted by Crippen LogP contribution is 2.29. The molecule has 1 rings (SSSR count). The minimum absolute atomic E-state index is 0.530. The number of aliphatic hydroxyl groups excluding tert-OH is 1. The minimum atomic E-state index is -0.530. The number of benzene rings is 1. The van der Waals surface area contributed by atoms with Gasteiger partial charge >= 0.3 is 0 Å². The Morgan fingerprint density at radius 1 is 1.22 bits per heavy atom. The van der Waals surface area contributed by atoms with Crippen LogP contribution >= 0.6 is 0 Å². The fourth-order valence-electron chi connectivity index (χ4n) is 2.13. The number of methoxy groups -OCH3 is 1. The Labute approximate surface area is 110 Å². The first-order valence-corrected chi connectivity index (χ1v) is 6.49. The van der Waals surface area contributed by atoms with Crippen LogP contribution in [0.1, 0.15) is 36.6 Å². The molecule has 1 aromatic rings. The fourth-order valence-corrected chi connectivity index (χ4v) is 2.13. The van der Waals surface area contributed by atoms with Crippen molar-refractivity contribution in [3.63, 3.8) is 0 Å². The third kappa shape index (κ3) is 4.00. The van der Waals surface area contributed by atoms with E-state index in [1.54, 1.807) is 7.11 Å². The number of hydrogen-bond acceptors (Lipinski definition) is 3. The van der Waals surface area contributed by atoms with Crippen LogP contribution in [-0.4, -0.2) is 25.3 Å². The standard InChI is InChI=1S/C15H25NO2/c1-10(2)8-16-9-14(17)13-7-11(3)6-12(4)15(13)18-5/h6-7,10,14,16-17H,8-9H2,1-5H3. The first kappa shape index (κ1) is 15.0. The van der Waals surface area contributed by atoms with Crippen molar-refractivity contribution in [3.05, 3.63) is 28.8 Å². The number of hydrogen-bond donors (Lipinski definition) is 2. The second-order valence-corrected chi connectivity index (χ2v) is 5.27. The van der Waals surface area contributed by atoms with Crippen molar-refractivity contribution >= 4 is 0 Å². The van der Waals surface area contributed by atoms with Gasteiger partial charge in [-0.25, -0.2) is 0 Å². The molecule has 0 bridgehead atoms. The highest BCUT2D eigenvalue weighted by molar-refractivity contribution is 5.45. The molecule has 0 aromatic heterocycles. The van der Waals surface area contributed by atoms with Gasteiger partial charge in [-0.05, 0) is 37.9 Å². The summed E-state index contributed by atoms with van der Waals surface area (Å²) in [5.41, 5.74) is 3.08. The van der Waals surface area contributed by atoms with Crippen molar-refractivity contribution < 1.29 is 9.84 Å². The normalized spacial score (nSPS) is 12.8. The largest absolute Gasteiger partial charge is 0.496 e. The molecule has 0 heterocycles. The second kappa shape index (κ2) is 6.76. The number of ether oxygens (including phenoxy) is 1. The number of nitrogens with one attached hydrogen (secondary N) is 1. The molecule has 0 amide bonds. The van der Waals surface area contributed by atoms with Gasteiger partial charge in [0, 0.05) is 12.1 Å². The van der Waals surface area contributed by atoms with Crippen LogP contribution in [0.5, 0.6) is 5.75 Å². The zero-order valence-electron chi connectivity index (χ0n) is 12.1. The molecule has 1 atom stereocenters. The molecule has 0 saturated heterocycles. The molecule has 18 heavy (non-hydrogen) atoms. The van der Waals surface area contributed by atoms with Gasteiger partial charge in [-0.3, -0.25) is 0 Å². The topological polar surface area (TPSA) is 41.5 Å². The van der Waals surface area contributed by atoms with Gasteiger partial charge in [-0.15, -0.1) is 0 Å². The summed E-state index contributed by atoms with van der Waals surface area (Å²) in [6, 6.07) is 4.06. The predicted octanol–water partition coefficient (Wildman–Crippen LogP) is 2.59. The maximum atomic E-state index is 10.3. The predicted molar refractivity (Wildman–Crippen MR) is 75.1 cm³/mol. The smallest absolute Gasteiger partial charge is 0.127 e. The lowest BCUT2D eigenvalue weighted by Crippen LogP contribution is -2.25. The fraction of sp³-hybridized carbons (Fsp3) is 0.600. The van der Waals surface area contributed by atoms with E-state index in [1.807, 2.05) is 19.9 Å². The Morgan fingerprint density at radius 3 is 2.44 bits per heavy atom. The van der Waals surface area contributed by atoms with Crippen LogP contribution in [0.2, 0.25) is 0 Å². The summed E-state index contributed by atoms with van der Waals surface area (Å²) in [5, 5.41) is 13.5. The summed E-state index contributed by atoms with van der Waals surface area (Å²) in [4.78, 5) is 0. The average molecular weight is 251 g/mol. The molecule has 0 fully saturated rings. The van der Waals surface area contributed by atoms with E-state index >= 15 is 0 Å². The number of aryl methyl sites for hydroxylation is 2. The summed E-state index contributed by atoms with van der Waals surface area (Å²) in [6.07, 6.45) is -0.530. The van der Waals surface area contributed by atoms with E-state index in [-0.39, 0.29) is 0 Å². The summed E-state index contributed by atoms with van der Waals surface area (Å²) >= 11 is 0. The Hall–Kier alpha value is -1.06. The zero-order chi connectivity index (χ0) is 13.7. The first-order chi connectivity index (χ1) is 8.45. The van der Waals surface area contributed by atoms with Gasteiger partial charge in [0.05, 0.1) is 13.2 Å². The maximum Gasteiger partial charge on any atom is 0.127 e. The van der Waals surface area contributed by atoms with Crippen molar-refractivity contribution in [3.8, 4) is 5.75 Å². The Bertz CT molecular complexity index is 388. The quantitative estimate of drug-likeness (QED) is 0.816. The molecule has 0 spiro atoms. The van der Waals surface area contributed by atoms with Gasteiger partial charge in [0.1, 0.15) is 5.75 Å². The van der Waals surface area contributed by atoms with Crippen LogP contribution in [0.3, 0.4) is 0 Å². The van der Waals surface area contributed by atoms with E-state index in [4.69, 9.17) is 4.74 Å². The minimum Gasteiger partial charge on any atom is -0.496 e. The van der Waals surface area contributed by atoms with Gasteiger partial charge < -0.3 is 15.2 Å². The van der Waals surface area contributed by atoms with Crippen molar-refractivity contribution in [2.24, 2.45) is 5.92 Å². The molecule has 3 heteroatoms. The molecule has 102 valence electrons. The second-order valence-electron chi connectivity index (χ2n) is 5.27. The highest BCUT2D eigenvalue weighted by Gasteiger charge is 2.15. The van der Waals surface area contributed by atoms with E-state index < -0.39 is 6.10 Å². The van der Waals surface area contributed by atoms with E-state index in [1.165, 1.54) is 0 Å². The average Bonchev–Trinajstić information content (AvgIpc) is 2.27. The highest BCUT2D eigenvalue weighted by atomic mass is 16.5. The summed E-state index contributed by atoms with van der Waals surface area (Å²) in [6.45, 7) is 9.79. The first-order valence-electron chi connectivity index (χ1n) is 6.49. The lowest BCUT2D eigenvalue weighted by Gasteiger charge is -2.18. The van der Waals surface area contributed by atoms with E-state index in [9.17, 15) is 5.11 Å². The summed E-state index contributed by atoms with van der Waals surface area (Å²) in [7, 11) is 1.65.